The first kappa shape index (κ1) is 24.7. The van der Waals surface area contributed by atoms with Crippen LogP contribution >= 0.6 is 35.1 Å². The fourth-order valence-electron chi connectivity index (χ4n) is 2.34. The second-order valence-corrected chi connectivity index (χ2v) is 10.8. The van der Waals surface area contributed by atoms with E-state index in [9.17, 15) is 42.6 Å². The van der Waals surface area contributed by atoms with Crippen molar-refractivity contribution in [2.45, 2.75) is 23.3 Å². The Morgan fingerprint density at radius 2 is 1.91 bits per heavy atom. The highest BCUT2D eigenvalue weighted by molar-refractivity contribution is 7.66. The smallest absolute Gasteiger partial charge is 0.387 e. The largest absolute Gasteiger partial charge is 0.490 e. The number of aromatic amines is 1. The summed E-state index contributed by atoms with van der Waals surface area (Å²) < 4.78 is 79.8. The number of aromatic nitrogens is 2. The molecule has 33 heavy (non-hydrogen) atoms. The van der Waals surface area contributed by atoms with E-state index in [-0.39, 0.29) is 10.8 Å². The SMILES string of the molecule is [2H]C([2H])(OP(=O)(O)OP(=O)(O)OP(=O)(O)O)[C@H]1O[C@@H](n2cc(F)c(=O)[nH]c2=O)C(Cl)(C#CN)[C@H]1O. The van der Waals surface area contributed by atoms with Crippen molar-refractivity contribution in [3.63, 3.8) is 0 Å². The molecule has 1 fully saturated rings. The van der Waals surface area contributed by atoms with Crippen LogP contribution in [0.4, 0.5) is 4.39 Å². The number of hydrogen-bond donors (Lipinski definition) is 7. The molecule has 3 unspecified atom stereocenters. The number of hydrogen-bond acceptors (Lipinski definition) is 11. The topological polar surface area (TPSA) is 270 Å². The molecule has 2 rings (SSSR count). The molecule has 2 heterocycles. The molecule has 0 saturated carbocycles. The van der Waals surface area contributed by atoms with E-state index in [4.69, 9.17) is 34.6 Å². The third-order valence-corrected chi connectivity index (χ3v) is 7.66. The normalized spacial score (nSPS) is 30.3. The minimum Gasteiger partial charge on any atom is -0.387 e. The molecule has 0 radical (unpaired) electrons. The molecule has 1 aromatic rings. The summed E-state index contributed by atoms with van der Waals surface area (Å²) in [7, 11) is -17.9. The van der Waals surface area contributed by atoms with Gasteiger partial charge in [-0.1, -0.05) is 11.6 Å². The van der Waals surface area contributed by atoms with Crippen molar-refractivity contribution in [3.8, 4) is 12.0 Å². The standard InChI is InChI=1S/C11H14ClFN3O14P3/c12-11(1-2-14)7(17)6(28-9(11)16-3-5(13)8(18)15-10(16)19)4-27-32(23,24)30-33(25,26)29-31(20,21)22/h3,6-7,9,17H,4,14H2,(H,23,24)(H,25,26)(H,15,18,19)(H2,20,21,22)/t6-,7+,9-,11?/m1/s1/i4D2. The summed E-state index contributed by atoms with van der Waals surface area (Å²) >= 11 is 6.16. The maximum atomic E-state index is 13.7. The summed E-state index contributed by atoms with van der Waals surface area (Å²) in [6, 6.07) is 1.74. The number of nitrogens with one attached hydrogen (secondary N) is 1. The van der Waals surface area contributed by atoms with Gasteiger partial charge in [0.25, 0.3) is 5.56 Å². The fraction of sp³-hybridized carbons (Fsp3) is 0.455. The van der Waals surface area contributed by atoms with Gasteiger partial charge in [-0.15, -0.1) is 0 Å². The molecule has 0 bridgehead atoms. The zero-order chi connectivity index (χ0) is 27.2. The van der Waals surface area contributed by atoms with E-state index in [1.165, 1.54) is 4.98 Å². The number of aliphatic hydroxyl groups is 1. The number of rotatable bonds is 8. The molecule has 17 nitrogen and oxygen atoms in total. The number of ether oxygens (including phenoxy) is 1. The first-order valence-corrected chi connectivity index (χ1v) is 12.6. The second-order valence-electron chi connectivity index (χ2n) is 5.83. The lowest BCUT2D eigenvalue weighted by Crippen LogP contribution is -2.44. The van der Waals surface area contributed by atoms with Crippen LogP contribution in [0.2, 0.25) is 0 Å². The first-order valence-electron chi connectivity index (χ1n) is 8.75. The molecule has 186 valence electrons. The summed E-state index contributed by atoms with van der Waals surface area (Å²) in [6.45, 7) is -3.73. The molecule has 0 aromatic carbocycles. The number of nitrogens with two attached hydrogens (primary N) is 1. The van der Waals surface area contributed by atoms with Crippen LogP contribution in [0, 0.1) is 17.8 Å². The fourth-order valence-corrected chi connectivity index (χ4v) is 5.54. The van der Waals surface area contributed by atoms with E-state index < -0.39 is 70.4 Å². The summed E-state index contributed by atoms with van der Waals surface area (Å²) in [6.07, 6.45) is -6.82. The lowest BCUT2D eigenvalue weighted by molar-refractivity contribution is -0.0458. The Bertz CT molecular complexity index is 1320. The maximum Gasteiger partial charge on any atom is 0.490 e. The zero-order valence-corrected chi connectivity index (χ0v) is 18.8. The van der Waals surface area contributed by atoms with Crippen LogP contribution in [0.3, 0.4) is 0 Å². The van der Waals surface area contributed by atoms with Gasteiger partial charge in [-0.2, -0.15) is 13.0 Å². The van der Waals surface area contributed by atoms with Crippen LogP contribution in [0.25, 0.3) is 0 Å². The van der Waals surface area contributed by atoms with E-state index in [0.29, 0.717) is 0 Å². The third-order valence-electron chi connectivity index (χ3n) is 3.49. The van der Waals surface area contributed by atoms with Gasteiger partial charge < -0.3 is 35.2 Å². The zero-order valence-electron chi connectivity index (χ0n) is 17.3. The van der Waals surface area contributed by atoms with Gasteiger partial charge in [-0.05, 0) is 5.92 Å². The van der Waals surface area contributed by atoms with Crippen LogP contribution in [0.1, 0.15) is 8.97 Å². The number of phosphoric ester groups is 1. The lowest BCUT2D eigenvalue weighted by Gasteiger charge is -2.25. The molecule has 22 heteroatoms. The van der Waals surface area contributed by atoms with Crippen LogP contribution in [-0.2, 0) is 31.6 Å². The van der Waals surface area contributed by atoms with E-state index in [1.807, 2.05) is 5.92 Å². The van der Waals surface area contributed by atoms with Gasteiger partial charge in [0.15, 0.2) is 11.1 Å². The van der Waals surface area contributed by atoms with Crippen LogP contribution in [0.5, 0.6) is 0 Å². The van der Waals surface area contributed by atoms with Gasteiger partial charge in [0.05, 0.1) is 15.5 Å². The minimum absolute atomic E-state index is 0.234. The molecule has 1 saturated heterocycles. The number of phosphoric acid groups is 3. The van der Waals surface area contributed by atoms with E-state index in [2.05, 4.69) is 13.1 Å². The molecule has 8 N–H and O–H groups in total. The number of alkyl halides is 1. The first-order chi connectivity index (χ1) is 15.6. The number of nitrogens with zero attached hydrogens (tertiary/aromatic N) is 1. The van der Waals surface area contributed by atoms with Gasteiger partial charge in [0, 0.05) is 6.04 Å². The average molecular weight is 562 g/mol. The molecule has 0 amide bonds. The van der Waals surface area contributed by atoms with E-state index >= 15 is 0 Å². The Morgan fingerprint density at radius 3 is 2.45 bits per heavy atom. The van der Waals surface area contributed by atoms with Gasteiger partial charge in [0.2, 0.25) is 5.82 Å². The Kier molecular flexibility index (Phi) is 7.25. The van der Waals surface area contributed by atoms with E-state index in [0.717, 1.165) is 0 Å². The van der Waals surface area contributed by atoms with Crippen molar-refractivity contribution < 1.29 is 63.4 Å². The molecular formula is C11H14ClFN3O14P3. The number of H-pyrrole nitrogens is 1. The molecular weight excluding hydrogens is 546 g/mol. The Hall–Kier alpha value is -1.41. The molecule has 1 aromatic heterocycles. The van der Waals surface area contributed by atoms with Crippen molar-refractivity contribution in [1.82, 2.24) is 9.55 Å². The number of halogens is 2. The quantitative estimate of drug-likeness (QED) is 0.0796. The average Bonchev–Trinajstić information content (AvgIpc) is 2.86. The van der Waals surface area contributed by atoms with Crippen molar-refractivity contribution in [1.29, 1.82) is 0 Å². The van der Waals surface area contributed by atoms with Gasteiger partial charge in [-0.25, -0.2) is 18.5 Å². The third kappa shape index (κ3) is 6.81. The highest BCUT2D eigenvalue weighted by atomic mass is 35.5. The van der Waals surface area contributed by atoms with Crippen molar-refractivity contribution in [2.24, 2.45) is 5.73 Å². The predicted octanol–water partition coefficient (Wildman–Crippen LogP) is -1.83. The van der Waals surface area contributed by atoms with Gasteiger partial charge in [-0.3, -0.25) is 18.9 Å². The highest BCUT2D eigenvalue weighted by Crippen LogP contribution is 2.66. The van der Waals surface area contributed by atoms with Crippen LogP contribution in [-0.4, -0.2) is 57.9 Å². The van der Waals surface area contributed by atoms with Crippen molar-refractivity contribution in [3.05, 3.63) is 32.9 Å². The summed E-state index contributed by atoms with van der Waals surface area (Å²) in [4.78, 5) is 58.1. The van der Waals surface area contributed by atoms with Gasteiger partial charge >= 0.3 is 29.2 Å². The minimum atomic E-state index is -6.10. The maximum absolute atomic E-state index is 13.7. The lowest BCUT2D eigenvalue weighted by atomic mass is 9.99. The predicted molar refractivity (Wildman–Crippen MR) is 102 cm³/mol. The van der Waals surface area contributed by atoms with Crippen LogP contribution in [0.15, 0.2) is 15.8 Å². The van der Waals surface area contributed by atoms with Crippen molar-refractivity contribution >= 4 is 35.1 Å². The molecule has 1 aliphatic heterocycles. The molecule has 6 atom stereocenters. The second kappa shape index (κ2) is 9.68. The Morgan fingerprint density at radius 1 is 1.30 bits per heavy atom. The molecule has 1 aliphatic rings. The van der Waals surface area contributed by atoms with E-state index in [1.54, 1.807) is 6.04 Å². The Labute approximate surface area is 189 Å². The van der Waals surface area contributed by atoms with Crippen molar-refractivity contribution in [2.75, 3.05) is 6.56 Å². The summed E-state index contributed by atoms with van der Waals surface area (Å²) in [5.74, 6) is 0.424. The number of aliphatic hydroxyl groups excluding tert-OH is 1. The highest BCUT2D eigenvalue weighted by Gasteiger charge is 2.57. The molecule has 0 aliphatic carbocycles. The summed E-state index contributed by atoms with van der Waals surface area (Å²) in [5, 5.41) is 10.5. The Balaban J connectivity index is 2.45. The van der Waals surface area contributed by atoms with Gasteiger partial charge in [0.1, 0.15) is 12.2 Å². The molecule has 0 spiro atoms. The monoisotopic (exact) mass is 561 g/mol. The summed E-state index contributed by atoms with van der Waals surface area (Å²) in [5.41, 5.74) is 2.22. The van der Waals surface area contributed by atoms with Crippen LogP contribution < -0.4 is 17.0 Å².